The van der Waals surface area contributed by atoms with E-state index in [1.54, 1.807) is 7.11 Å². The summed E-state index contributed by atoms with van der Waals surface area (Å²) >= 11 is 0. The van der Waals surface area contributed by atoms with Crippen LogP contribution in [0.25, 0.3) is 0 Å². The SMILES string of the molecule is CCC1CCCC(C#N)(OC)CC1. The van der Waals surface area contributed by atoms with Crippen LogP contribution in [-0.4, -0.2) is 12.7 Å². The summed E-state index contributed by atoms with van der Waals surface area (Å²) in [4.78, 5) is 0. The zero-order valence-electron chi connectivity index (χ0n) is 8.68. The Balaban J connectivity index is 2.57. The minimum Gasteiger partial charge on any atom is -0.363 e. The van der Waals surface area contributed by atoms with Gasteiger partial charge in [-0.05, 0) is 31.6 Å². The highest BCUT2D eigenvalue weighted by molar-refractivity contribution is 5.02. The Morgan fingerprint density at radius 1 is 1.46 bits per heavy atom. The fourth-order valence-corrected chi connectivity index (χ4v) is 2.15. The predicted molar refractivity (Wildman–Crippen MR) is 52.2 cm³/mol. The zero-order valence-corrected chi connectivity index (χ0v) is 8.68. The quantitative estimate of drug-likeness (QED) is 0.614. The lowest BCUT2D eigenvalue weighted by Gasteiger charge is -2.22. The molecule has 0 saturated heterocycles. The van der Waals surface area contributed by atoms with E-state index in [0.717, 1.165) is 31.6 Å². The van der Waals surface area contributed by atoms with Crippen LogP contribution in [0.15, 0.2) is 0 Å². The number of rotatable bonds is 2. The van der Waals surface area contributed by atoms with Gasteiger partial charge in [-0.15, -0.1) is 0 Å². The van der Waals surface area contributed by atoms with Gasteiger partial charge in [0.05, 0.1) is 6.07 Å². The molecule has 13 heavy (non-hydrogen) atoms. The molecule has 2 heteroatoms. The highest BCUT2D eigenvalue weighted by atomic mass is 16.5. The molecule has 1 aliphatic carbocycles. The second-order valence-corrected chi connectivity index (χ2v) is 4.02. The molecule has 0 aliphatic heterocycles. The first kappa shape index (κ1) is 10.5. The first-order chi connectivity index (χ1) is 6.26. The Labute approximate surface area is 80.9 Å². The van der Waals surface area contributed by atoms with E-state index in [4.69, 9.17) is 10.00 Å². The molecule has 0 amide bonds. The lowest BCUT2D eigenvalue weighted by atomic mass is 9.94. The highest BCUT2D eigenvalue weighted by Crippen LogP contribution is 2.33. The molecule has 0 aromatic rings. The molecule has 74 valence electrons. The Bertz CT molecular complexity index is 197. The number of hydrogen-bond donors (Lipinski definition) is 0. The molecule has 1 rings (SSSR count). The minimum atomic E-state index is -0.468. The molecule has 0 heterocycles. The summed E-state index contributed by atoms with van der Waals surface area (Å²) in [5.74, 6) is 0.811. The van der Waals surface area contributed by atoms with Gasteiger partial charge in [-0.1, -0.05) is 19.8 Å². The largest absolute Gasteiger partial charge is 0.363 e. The second-order valence-electron chi connectivity index (χ2n) is 4.02. The van der Waals surface area contributed by atoms with Gasteiger partial charge >= 0.3 is 0 Å². The molecule has 1 aliphatic rings. The average Bonchev–Trinajstić information content (AvgIpc) is 2.40. The summed E-state index contributed by atoms with van der Waals surface area (Å²) in [6.45, 7) is 2.23. The molecule has 2 nitrogen and oxygen atoms in total. The van der Waals surface area contributed by atoms with Crippen molar-refractivity contribution in [3.05, 3.63) is 0 Å². The minimum absolute atomic E-state index is 0.468. The van der Waals surface area contributed by atoms with Crippen molar-refractivity contribution in [1.82, 2.24) is 0 Å². The molecular formula is C11H19NO. The zero-order chi connectivity index (χ0) is 9.73. The number of nitrogens with zero attached hydrogens (tertiary/aromatic N) is 1. The van der Waals surface area contributed by atoms with Gasteiger partial charge < -0.3 is 4.74 Å². The fourth-order valence-electron chi connectivity index (χ4n) is 2.15. The topological polar surface area (TPSA) is 33.0 Å². The van der Waals surface area contributed by atoms with Crippen molar-refractivity contribution in [3.8, 4) is 6.07 Å². The fraction of sp³-hybridized carbons (Fsp3) is 0.909. The molecule has 2 unspecified atom stereocenters. The lowest BCUT2D eigenvalue weighted by molar-refractivity contribution is 0.0255. The van der Waals surface area contributed by atoms with Crippen molar-refractivity contribution in [2.45, 2.75) is 51.0 Å². The highest BCUT2D eigenvalue weighted by Gasteiger charge is 2.32. The molecule has 0 aromatic heterocycles. The normalized spacial score (nSPS) is 35.0. The molecule has 1 fully saturated rings. The predicted octanol–water partition coefficient (Wildman–Crippen LogP) is 2.89. The summed E-state index contributed by atoms with van der Waals surface area (Å²) < 4.78 is 5.34. The number of methoxy groups -OCH3 is 1. The number of ether oxygens (including phenoxy) is 1. The summed E-state index contributed by atoms with van der Waals surface area (Å²) in [6.07, 6.45) is 6.63. The molecule has 0 spiro atoms. The van der Waals surface area contributed by atoms with Gasteiger partial charge in [0.2, 0.25) is 0 Å². The Hall–Kier alpha value is -0.550. The van der Waals surface area contributed by atoms with E-state index in [1.165, 1.54) is 12.8 Å². The van der Waals surface area contributed by atoms with Crippen molar-refractivity contribution in [1.29, 1.82) is 5.26 Å². The second kappa shape index (κ2) is 4.62. The average molecular weight is 181 g/mol. The van der Waals surface area contributed by atoms with Gasteiger partial charge in [-0.2, -0.15) is 5.26 Å². The van der Waals surface area contributed by atoms with E-state index in [2.05, 4.69) is 13.0 Å². The molecule has 0 bridgehead atoms. The lowest BCUT2D eigenvalue weighted by Crippen LogP contribution is -2.28. The van der Waals surface area contributed by atoms with Crippen LogP contribution in [0.1, 0.15) is 45.4 Å². The van der Waals surface area contributed by atoms with Crippen molar-refractivity contribution >= 4 is 0 Å². The molecule has 0 aromatic carbocycles. The summed E-state index contributed by atoms with van der Waals surface area (Å²) in [5.41, 5.74) is -0.468. The van der Waals surface area contributed by atoms with Crippen LogP contribution in [0, 0.1) is 17.2 Å². The molecular weight excluding hydrogens is 162 g/mol. The van der Waals surface area contributed by atoms with Crippen LogP contribution in [0.2, 0.25) is 0 Å². The maximum atomic E-state index is 9.05. The summed E-state index contributed by atoms with van der Waals surface area (Å²) in [6, 6.07) is 2.33. The maximum absolute atomic E-state index is 9.05. The number of nitriles is 1. The maximum Gasteiger partial charge on any atom is 0.153 e. The van der Waals surface area contributed by atoms with Crippen molar-refractivity contribution in [2.75, 3.05) is 7.11 Å². The first-order valence-corrected chi connectivity index (χ1v) is 5.22. The van der Waals surface area contributed by atoms with E-state index >= 15 is 0 Å². The van der Waals surface area contributed by atoms with Crippen LogP contribution in [-0.2, 0) is 4.74 Å². The van der Waals surface area contributed by atoms with Crippen molar-refractivity contribution in [3.63, 3.8) is 0 Å². The molecule has 2 atom stereocenters. The third-order valence-electron chi connectivity index (χ3n) is 3.32. The number of hydrogen-bond acceptors (Lipinski definition) is 2. The van der Waals surface area contributed by atoms with E-state index < -0.39 is 5.60 Å². The van der Waals surface area contributed by atoms with Crippen LogP contribution in [0.5, 0.6) is 0 Å². The summed E-state index contributed by atoms with van der Waals surface area (Å²) in [5, 5.41) is 9.05. The van der Waals surface area contributed by atoms with Crippen LogP contribution in [0.4, 0.5) is 0 Å². The van der Waals surface area contributed by atoms with Crippen molar-refractivity contribution < 1.29 is 4.74 Å². The van der Waals surface area contributed by atoms with Gasteiger partial charge in [-0.25, -0.2) is 0 Å². The molecule has 1 saturated carbocycles. The third kappa shape index (κ3) is 2.45. The Kier molecular flexibility index (Phi) is 3.74. The van der Waals surface area contributed by atoms with Gasteiger partial charge in [0.15, 0.2) is 5.60 Å². The van der Waals surface area contributed by atoms with Gasteiger partial charge in [0.1, 0.15) is 0 Å². The van der Waals surface area contributed by atoms with Gasteiger partial charge in [0.25, 0.3) is 0 Å². The smallest absolute Gasteiger partial charge is 0.153 e. The molecule has 0 radical (unpaired) electrons. The summed E-state index contributed by atoms with van der Waals surface area (Å²) in [7, 11) is 1.66. The van der Waals surface area contributed by atoms with Gasteiger partial charge in [-0.3, -0.25) is 0 Å². The van der Waals surface area contributed by atoms with Crippen LogP contribution < -0.4 is 0 Å². The van der Waals surface area contributed by atoms with Crippen molar-refractivity contribution in [2.24, 2.45) is 5.92 Å². The van der Waals surface area contributed by atoms with E-state index in [1.807, 2.05) is 0 Å². The molecule has 0 N–H and O–H groups in total. The Morgan fingerprint density at radius 2 is 2.23 bits per heavy atom. The van der Waals surface area contributed by atoms with E-state index in [9.17, 15) is 0 Å². The van der Waals surface area contributed by atoms with Crippen LogP contribution >= 0.6 is 0 Å². The standard InChI is InChI=1S/C11H19NO/c1-3-10-5-4-7-11(9-12,13-2)8-6-10/h10H,3-8H2,1-2H3. The van der Waals surface area contributed by atoms with E-state index in [0.29, 0.717) is 0 Å². The van der Waals surface area contributed by atoms with Gasteiger partial charge in [0, 0.05) is 7.11 Å². The monoisotopic (exact) mass is 181 g/mol. The first-order valence-electron chi connectivity index (χ1n) is 5.22. The van der Waals surface area contributed by atoms with Crippen LogP contribution in [0.3, 0.4) is 0 Å². The third-order valence-corrected chi connectivity index (χ3v) is 3.32. The Morgan fingerprint density at radius 3 is 2.77 bits per heavy atom. The van der Waals surface area contributed by atoms with E-state index in [-0.39, 0.29) is 0 Å².